The van der Waals surface area contributed by atoms with Crippen molar-refractivity contribution in [2.24, 2.45) is 0 Å². The fourth-order valence-corrected chi connectivity index (χ4v) is 2.58. The van der Waals surface area contributed by atoms with Gasteiger partial charge in [-0.25, -0.2) is 0 Å². The number of hydrogen-bond donors (Lipinski definition) is 0. The summed E-state index contributed by atoms with van der Waals surface area (Å²) >= 11 is 0. The van der Waals surface area contributed by atoms with Crippen LogP contribution in [0.1, 0.15) is 0 Å². The number of nitrogens with zero attached hydrogens (tertiary/aromatic N) is 1. The molecule has 138 valence electrons. The average Bonchev–Trinajstić information content (AvgIpc) is 2.76. The maximum atomic E-state index is 6.06. The third-order valence-electron chi connectivity index (χ3n) is 3.90. The topological polar surface area (TPSA) is 30.9 Å². The number of rotatable bonds is 7. The molecule has 0 amide bonds. The predicted octanol–water partition coefficient (Wildman–Crippen LogP) is 6.27. The number of benzene rings is 4. The Morgan fingerprint density at radius 1 is 0.429 bits per heavy atom. The normalized spacial score (nSPS) is 10.1. The molecule has 4 rings (SSSR count). The summed E-state index contributed by atoms with van der Waals surface area (Å²) in [6.07, 6.45) is 0. The molecule has 0 heterocycles. The second-order valence-corrected chi connectivity index (χ2v) is 5.95. The molecule has 4 heteroatoms. The predicted molar refractivity (Wildman–Crippen MR) is 110 cm³/mol. The lowest BCUT2D eigenvalue weighted by Gasteiger charge is -2.25. The van der Waals surface area contributed by atoms with Crippen molar-refractivity contribution in [2.75, 3.05) is 5.23 Å². The van der Waals surface area contributed by atoms with E-state index in [9.17, 15) is 0 Å². The average molecular weight is 369 g/mol. The summed E-state index contributed by atoms with van der Waals surface area (Å²) in [4.78, 5) is 12.0. The van der Waals surface area contributed by atoms with Crippen molar-refractivity contribution in [1.82, 2.24) is 0 Å². The molecule has 0 aliphatic rings. The molecule has 0 aliphatic carbocycles. The Morgan fingerprint density at radius 2 is 0.857 bits per heavy atom. The Hall–Kier alpha value is -3.92. The molecule has 0 aliphatic heterocycles. The van der Waals surface area contributed by atoms with Gasteiger partial charge in [0.25, 0.3) is 0 Å². The van der Waals surface area contributed by atoms with Crippen LogP contribution in [0, 0.1) is 0 Å². The Bertz CT molecular complexity index is 950. The van der Waals surface area contributed by atoms with Crippen LogP contribution in [0.15, 0.2) is 115 Å². The molecular weight excluding hydrogens is 350 g/mol. The lowest BCUT2D eigenvalue weighted by Crippen LogP contribution is -2.31. The molecule has 4 aromatic carbocycles. The SMILES string of the molecule is c1ccc(Oc2ccccc2N(Oc2ccccc2)Oc2ccccc2)cc1. The van der Waals surface area contributed by atoms with Crippen LogP contribution in [0.4, 0.5) is 5.69 Å². The van der Waals surface area contributed by atoms with E-state index in [2.05, 4.69) is 0 Å². The van der Waals surface area contributed by atoms with E-state index in [1.807, 2.05) is 115 Å². The summed E-state index contributed by atoms with van der Waals surface area (Å²) in [5.74, 6) is 2.63. The van der Waals surface area contributed by atoms with Gasteiger partial charge in [0.1, 0.15) is 5.75 Å². The number of para-hydroxylation sites is 5. The molecule has 0 N–H and O–H groups in total. The first-order valence-electron chi connectivity index (χ1n) is 8.96. The van der Waals surface area contributed by atoms with Crippen LogP contribution in [-0.2, 0) is 0 Å². The first kappa shape index (κ1) is 17.5. The highest BCUT2D eigenvalue weighted by molar-refractivity contribution is 5.57. The Morgan fingerprint density at radius 3 is 1.39 bits per heavy atom. The molecule has 0 saturated carbocycles. The lowest BCUT2D eigenvalue weighted by atomic mass is 10.3. The highest BCUT2D eigenvalue weighted by Crippen LogP contribution is 2.33. The molecule has 4 aromatic rings. The van der Waals surface area contributed by atoms with Crippen molar-refractivity contribution in [3.8, 4) is 23.0 Å². The smallest absolute Gasteiger partial charge is 0.161 e. The number of ether oxygens (including phenoxy) is 1. The van der Waals surface area contributed by atoms with Gasteiger partial charge >= 0.3 is 0 Å². The van der Waals surface area contributed by atoms with E-state index in [0.717, 1.165) is 5.75 Å². The van der Waals surface area contributed by atoms with Crippen LogP contribution in [0.3, 0.4) is 0 Å². The molecule has 0 unspecified atom stereocenters. The van der Waals surface area contributed by atoms with Gasteiger partial charge < -0.3 is 14.4 Å². The van der Waals surface area contributed by atoms with Crippen molar-refractivity contribution in [3.63, 3.8) is 0 Å². The number of hydrogen-bond acceptors (Lipinski definition) is 4. The van der Waals surface area contributed by atoms with Gasteiger partial charge in [0.15, 0.2) is 22.9 Å². The Kier molecular flexibility index (Phi) is 5.40. The fourth-order valence-electron chi connectivity index (χ4n) is 2.58. The standard InChI is InChI=1S/C24H19NO3/c1-4-12-20(13-5-1)26-24-19-11-10-18-23(24)25(27-21-14-6-2-7-15-21)28-22-16-8-3-9-17-22/h1-19H. The van der Waals surface area contributed by atoms with Crippen LogP contribution in [0.25, 0.3) is 0 Å². The maximum absolute atomic E-state index is 6.06. The largest absolute Gasteiger partial charge is 0.455 e. The van der Waals surface area contributed by atoms with E-state index in [-0.39, 0.29) is 0 Å². The Balaban J connectivity index is 1.67. The first-order chi connectivity index (χ1) is 13.9. The lowest BCUT2D eigenvalue weighted by molar-refractivity contribution is 0.0717. The molecule has 0 spiro atoms. The molecule has 0 atom stereocenters. The monoisotopic (exact) mass is 369 g/mol. The van der Waals surface area contributed by atoms with Crippen LogP contribution in [0.5, 0.6) is 23.0 Å². The zero-order chi connectivity index (χ0) is 19.0. The maximum Gasteiger partial charge on any atom is 0.161 e. The molecule has 0 bridgehead atoms. The summed E-state index contributed by atoms with van der Waals surface area (Å²) in [6, 6.07) is 36.1. The minimum Gasteiger partial charge on any atom is -0.455 e. The van der Waals surface area contributed by atoms with Crippen molar-refractivity contribution < 1.29 is 14.4 Å². The Labute approximate surface area is 164 Å². The molecule has 28 heavy (non-hydrogen) atoms. The third-order valence-corrected chi connectivity index (χ3v) is 3.90. The summed E-state index contributed by atoms with van der Waals surface area (Å²) in [7, 11) is 0. The molecule has 0 radical (unpaired) electrons. The van der Waals surface area contributed by atoms with E-state index in [4.69, 9.17) is 14.4 Å². The van der Waals surface area contributed by atoms with E-state index in [1.54, 1.807) is 0 Å². The second-order valence-electron chi connectivity index (χ2n) is 5.95. The van der Waals surface area contributed by atoms with Gasteiger partial charge in [-0.2, -0.15) is 0 Å². The van der Waals surface area contributed by atoms with Crippen LogP contribution in [-0.4, -0.2) is 0 Å². The minimum absolute atomic E-state index is 0.612. The van der Waals surface area contributed by atoms with E-state index >= 15 is 0 Å². The molecule has 0 aromatic heterocycles. The van der Waals surface area contributed by atoms with Gasteiger partial charge in [-0.05, 0) is 53.8 Å². The van der Waals surface area contributed by atoms with Crippen molar-refractivity contribution in [1.29, 1.82) is 0 Å². The van der Waals surface area contributed by atoms with Gasteiger partial charge in [0.2, 0.25) is 0 Å². The van der Waals surface area contributed by atoms with Gasteiger partial charge in [-0.15, -0.1) is 0 Å². The molecule has 0 saturated heterocycles. The van der Waals surface area contributed by atoms with Crippen LogP contribution >= 0.6 is 0 Å². The molecule has 4 nitrogen and oxygen atoms in total. The second kappa shape index (κ2) is 8.64. The first-order valence-corrected chi connectivity index (χ1v) is 8.96. The summed E-state index contributed by atoms with van der Waals surface area (Å²) in [6.45, 7) is 0. The van der Waals surface area contributed by atoms with Gasteiger partial charge in [-0.3, -0.25) is 0 Å². The quantitative estimate of drug-likeness (QED) is 0.359. The summed E-state index contributed by atoms with van der Waals surface area (Å²) in [5.41, 5.74) is 0.638. The highest BCUT2D eigenvalue weighted by atomic mass is 17.0. The van der Waals surface area contributed by atoms with Gasteiger partial charge in [0.05, 0.1) is 0 Å². The van der Waals surface area contributed by atoms with E-state index in [0.29, 0.717) is 22.9 Å². The third kappa shape index (κ3) is 4.43. The zero-order valence-electron chi connectivity index (χ0n) is 15.1. The van der Waals surface area contributed by atoms with Crippen molar-refractivity contribution >= 4 is 5.69 Å². The van der Waals surface area contributed by atoms with Gasteiger partial charge in [0, 0.05) is 0 Å². The van der Waals surface area contributed by atoms with Crippen LogP contribution < -0.4 is 19.6 Å². The minimum atomic E-state index is 0.612. The summed E-state index contributed by atoms with van der Waals surface area (Å²) < 4.78 is 6.06. The molecular formula is C24H19NO3. The van der Waals surface area contributed by atoms with Gasteiger partial charge in [-0.1, -0.05) is 66.7 Å². The molecule has 0 fully saturated rings. The van der Waals surface area contributed by atoms with Crippen molar-refractivity contribution in [3.05, 3.63) is 115 Å². The van der Waals surface area contributed by atoms with Crippen LogP contribution in [0.2, 0.25) is 0 Å². The fraction of sp³-hybridized carbons (Fsp3) is 0. The summed E-state index contributed by atoms with van der Waals surface area (Å²) in [5, 5.41) is 1.36. The highest BCUT2D eigenvalue weighted by Gasteiger charge is 2.17. The van der Waals surface area contributed by atoms with Crippen molar-refractivity contribution in [2.45, 2.75) is 0 Å². The van der Waals surface area contributed by atoms with E-state index in [1.165, 1.54) is 5.23 Å². The van der Waals surface area contributed by atoms with E-state index < -0.39 is 0 Å². The zero-order valence-corrected chi connectivity index (χ0v) is 15.1. The number of anilines is 1.